The fourth-order valence-electron chi connectivity index (χ4n) is 3.85. The number of aliphatic carboxylic acids is 1. The van der Waals surface area contributed by atoms with E-state index < -0.39 is 11.6 Å². The first-order chi connectivity index (χ1) is 10.4. The van der Waals surface area contributed by atoms with Crippen LogP contribution in [0, 0.1) is 18.8 Å². The predicted octanol–water partition coefficient (Wildman–Crippen LogP) is 1.17. The number of aliphatic hydroxyl groups is 1. The lowest BCUT2D eigenvalue weighted by Crippen LogP contribution is -2.54. The van der Waals surface area contributed by atoms with Gasteiger partial charge in [-0.05, 0) is 51.6 Å². The molecule has 1 aromatic rings. The zero-order valence-electron chi connectivity index (χ0n) is 13.3. The molecule has 2 aliphatic rings. The van der Waals surface area contributed by atoms with Gasteiger partial charge < -0.3 is 14.8 Å². The minimum absolute atomic E-state index is 0.243. The third kappa shape index (κ3) is 2.77. The van der Waals surface area contributed by atoms with Gasteiger partial charge in [-0.2, -0.15) is 0 Å². The molecule has 2 heterocycles. The van der Waals surface area contributed by atoms with E-state index in [1.807, 2.05) is 20.2 Å². The number of carboxylic acids is 1. The highest BCUT2D eigenvalue weighted by molar-refractivity contribution is 5.71. The smallest absolute Gasteiger partial charge is 0.306 e. The predicted molar refractivity (Wildman–Crippen MR) is 81.3 cm³/mol. The second kappa shape index (κ2) is 5.66. The molecule has 0 atom stereocenters. The van der Waals surface area contributed by atoms with Crippen molar-refractivity contribution in [1.82, 2.24) is 14.5 Å². The van der Waals surface area contributed by atoms with Crippen molar-refractivity contribution in [2.24, 2.45) is 18.9 Å². The molecular formula is C16H25N3O3. The van der Waals surface area contributed by atoms with Crippen molar-refractivity contribution in [3.05, 3.63) is 17.7 Å². The van der Waals surface area contributed by atoms with Gasteiger partial charge in [-0.1, -0.05) is 0 Å². The molecule has 0 spiro atoms. The SMILES string of the molecule is Cc1ncc(CN2CCC(C3(O)CC(C(=O)O)C3)CC2)n1C. The number of hydrogen-bond acceptors (Lipinski definition) is 4. The number of rotatable bonds is 4. The molecule has 3 rings (SSSR count). The van der Waals surface area contributed by atoms with E-state index in [0.29, 0.717) is 12.8 Å². The average Bonchev–Trinajstić information content (AvgIpc) is 2.76. The maximum absolute atomic E-state index is 10.9. The van der Waals surface area contributed by atoms with Crippen LogP contribution in [-0.2, 0) is 18.4 Å². The fourth-order valence-corrected chi connectivity index (χ4v) is 3.85. The van der Waals surface area contributed by atoms with Crippen molar-refractivity contribution in [3.63, 3.8) is 0 Å². The number of nitrogens with zero attached hydrogens (tertiary/aromatic N) is 3. The molecule has 0 radical (unpaired) electrons. The zero-order chi connectivity index (χ0) is 15.9. The number of carbonyl (C=O) groups is 1. The summed E-state index contributed by atoms with van der Waals surface area (Å²) in [5, 5.41) is 19.6. The highest BCUT2D eigenvalue weighted by Crippen LogP contribution is 2.46. The molecule has 122 valence electrons. The molecule has 0 bridgehead atoms. The van der Waals surface area contributed by atoms with Gasteiger partial charge in [0.2, 0.25) is 0 Å². The maximum Gasteiger partial charge on any atom is 0.306 e. The Morgan fingerprint density at radius 2 is 2.05 bits per heavy atom. The van der Waals surface area contributed by atoms with E-state index in [0.717, 1.165) is 38.3 Å². The standard InChI is InChI=1S/C16H25N3O3/c1-11-17-9-14(18(11)2)10-19-5-3-13(4-6-19)16(22)7-12(8-16)15(20)21/h9,12-13,22H,3-8,10H2,1-2H3,(H,20,21). The van der Waals surface area contributed by atoms with Gasteiger partial charge in [-0.3, -0.25) is 9.69 Å². The first-order valence-electron chi connectivity index (χ1n) is 8.04. The number of imidazole rings is 1. The summed E-state index contributed by atoms with van der Waals surface area (Å²) < 4.78 is 2.11. The Hall–Kier alpha value is -1.40. The van der Waals surface area contributed by atoms with E-state index in [4.69, 9.17) is 5.11 Å². The summed E-state index contributed by atoms with van der Waals surface area (Å²) in [6, 6.07) is 0. The normalized spacial score (nSPS) is 30.2. The molecule has 6 heteroatoms. The van der Waals surface area contributed by atoms with Crippen LogP contribution in [0.2, 0.25) is 0 Å². The Kier molecular flexibility index (Phi) is 3.99. The first-order valence-corrected chi connectivity index (χ1v) is 8.04. The number of hydrogen-bond donors (Lipinski definition) is 2. The molecule has 6 nitrogen and oxygen atoms in total. The molecule has 1 saturated heterocycles. The van der Waals surface area contributed by atoms with E-state index in [1.54, 1.807) is 0 Å². The lowest BCUT2D eigenvalue weighted by Gasteiger charge is -2.49. The summed E-state index contributed by atoms with van der Waals surface area (Å²) in [4.78, 5) is 17.6. The quantitative estimate of drug-likeness (QED) is 0.873. The van der Waals surface area contributed by atoms with Crippen molar-refractivity contribution in [3.8, 4) is 0 Å². The summed E-state index contributed by atoms with van der Waals surface area (Å²) in [5.41, 5.74) is 0.474. The van der Waals surface area contributed by atoms with Crippen molar-refractivity contribution < 1.29 is 15.0 Å². The Morgan fingerprint density at radius 1 is 1.41 bits per heavy atom. The molecule has 2 fully saturated rings. The van der Waals surface area contributed by atoms with Crippen molar-refractivity contribution in [1.29, 1.82) is 0 Å². The van der Waals surface area contributed by atoms with E-state index in [1.165, 1.54) is 5.69 Å². The number of piperidine rings is 1. The number of carboxylic acid groups (broad SMARTS) is 1. The molecular weight excluding hydrogens is 282 g/mol. The van der Waals surface area contributed by atoms with Crippen LogP contribution in [0.1, 0.15) is 37.2 Å². The maximum atomic E-state index is 10.9. The van der Waals surface area contributed by atoms with Crippen LogP contribution < -0.4 is 0 Å². The average molecular weight is 307 g/mol. The molecule has 0 amide bonds. The van der Waals surface area contributed by atoms with Gasteiger partial charge in [0.05, 0.1) is 17.2 Å². The number of aryl methyl sites for hydroxylation is 1. The summed E-state index contributed by atoms with van der Waals surface area (Å²) >= 11 is 0. The first kappa shape index (κ1) is 15.5. The van der Waals surface area contributed by atoms with Crippen LogP contribution in [0.5, 0.6) is 0 Å². The number of aromatic nitrogens is 2. The van der Waals surface area contributed by atoms with E-state index >= 15 is 0 Å². The third-order valence-electron chi connectivity index (χ3n) is 5.60. The number of likely N-dealkylation sites (tertiary alicyclic amines) is 1. The van der Waals surface area contributed by atoms with Crippen molar-refractivity contribution in [2.45, 2.75) is 44.8 Å². The topological polar surface area (TPSA) is 78.6 Å². The summed E-state index contributed by atoms with van der Waals surface area (Å²) in [7, 11) is 2.04. The second-order valence-electron chi connectivity index (χ2n) is 6.95. The summed E-state index contributed by atoms with van der Waals surface area (Å²) in [5.74, 6) is 0.148. The summed E-state index contributed by atoms with van der Waals surface area (Å²) in [6.45, 7) is 4.80. The van der Waals surface area contributed by atoms with Gasteiger partial charge in [0.25, 0.3) is 0 Å². The van der Waals surface area contributed by atoms with E-state index in [2.05, 4.69) is 14.5 Å². The van der Waals surface area contributed by atoms with Crippen molar-refractivity contribution >= 4 is 5.97 Å². The van der Waals surface area contributed by atoms with Crippen LogP contribution in [0.3, 0.4) is 0 Å². The van der Waals surface area contributed by atoms with Crippen LogP contribution in [0.4, 0.5) is 0 Å². The Bertz CT molecular complexity index is 555. The molecule has 2 N–H and O–H groups in total. The van der Waals surface area contributed by atoms with Crippen LogP contribution in [-0.4, -0.2) is 49.3 Å². The largest absolute Gasteiger partial charge is 0.481 e. The fraction of sp³-hybridized carbons (Fsp3) is 0.750. The molecule has 0 unspecified atom stereocenters. The lowest BCUT2D eigenvalue weighted by atomic mass is 9.62. The Morgan fingerprint density at radius 3 is 2.55 bits per heavy atom. The van der Waals surface area contributed by atoms with E-state index in [-0.39, 0.29) is 11.8 Å². The van der Waals surface area contributed by atoms with Gasteiger partial charge in [-0.15, -0.1) is 0 Å². The Labute approximate surface area is 130 Å². The van der Waals surface area contributed by atoms with Gasteiger partial charge in [-0.25, -0.2) is 4.98 Å². The molecule has 1 aliphatic carbocycles. The second-order valence-corrected chi connectivity index (χ2v) is 6.95. The van der Waals surface area contributed by atoms with Gasteiger partial charge >= 0.3 is 5.97 Å². The monoisotopic (exact) mass is 307 g/mol. The highest BCUT2D eigenvalue weighted by Gasteiger charge is 2.51. The molecule has 1 aliphatic heterocycles. The van der Waals surface area contributed by atoms with Gasteiger partial charge in [0.1, 0.15) is 5.82 Å². The van der Waals surface area contributed by atoms with Gasteiger partial charge in [0.15, 0.2) is 0 Å². The molecule has 1 aromatic heterocycles. The molecule has 22 heavy (non-hydrogen) atoms. The van der Waals surface area contributed by atoms with Gasteiger partial charge in [0, 0.05) is 19.8 Å². The van der Waals surface area contributed by atoms with E-state index in [9.17, 15) is 9.90 Å². The van der Waals surface area contributed by atoms with Crippen LogP contribution in [0.25, 0.3) is 0 Å². The molecule has 0 aromatic carbocycles. The summed E-state index contributed by atoms with van der Waals surface area (Å²) in [6.07, 6.45) is 4.67. The zero-order valence-corrected chi connectivity index (χ0v) is 13.3. The third-order valence-corrected chi connectivity index (χ3v) is 5.60. The minimum Gasteiger partial charge on any atom is -0.481 e. The van der Waals surface area contributed by atoms with Crippen molar-refractivity contribution in [2.75, 3.05) is 13.1 Å². The highest BCUT2D eigenvalue weighted by atomic mass is 16.4. The minimum atomic E-state index is -0.770. The van der Waals surface area contributed by atoms with Crippen LogP contribution in [0.15, 0.2) is 6.20 Å². The van der Waals surface area contributed by atoms with Crippen LogP contribution >= 0.6 is 0 Å². The lowest BCUT2D eigenvalue weighted by molar-refractivity contribution is -0.170. The Balaban J connectivity index is 1.51. The molecule has 1 saturated carbocycles.